The Morgan fingerprint density at radius 3 is 2.46 bits per heavy atom. The van der Waals surface area contributed by atoms with Gasteiger partial charge in [-0.1, -0.05) is 0 Å². The van der Waals surface area contributed by atoms with Crippen LogP contribution in [-0.2, 0) is 16.6 Å². The van der Waals surface area contributed by atoms with Gasteiger partial charge in [-0.05, 0) is 50.5 Å². The lowest BCUT2D eigenvalue weighted by molar-refractivity contribution is 0.414. The molecule has 1 saturated heterocycles. The lowest BCUT2D eigenvalue weighted by Gasteiger charge is -2.28. The van der Waals surface area contributed by atoms with E-state index in [1.54, 1.807) is 12.1 Å². The Labute approximate surface area is 154 Å². The highest BCUT2D eigenvalue weighted by atomic mass is 32.2. The molecule has 1 N–H and O–H groups in total. The fourth-order valence-corrected chi connectivity index (χ4v) is 3.95. The second-order valence-corrected chi connectivity index (χ2v) is 8.10. The Kier molecular flexibility index (Phi) is 5.73. The van der Waals surface area contributed by atoms with Crippen LogP contribution in [-0.4, -0.2) is 38.6 Å². The van der Waals surface area contributed by atoms with Gasteiger partial charge >= 0.3 is 0 Å². The fraction of sp³-hybridized carbons (Fsp3) is 0.444. The van der Waals surface area contributed by atoms with E-state index < -0.39 is 10.0 Å². The summed E-state index contributed by atoms with van der Waals surface area (Å²) in [6.45, 7) is 3.91. The summed E-state index contributed by atoms with van der Waals surface area (Å²) in [5.41, 5.74) is 0.833. The zero-order chi connectivity index (χ0) is 18.6. The Morgan fingerprint density at radius 1 is 1.12 bits per heavy atom. The van der Waals surface area contributed by atoms with E-state index in [1.165, 1.54) is 25.7 Å². The van der Waals surface area contributed by atoms with Gasteiger partial charge < -0.3 is 9.64 Å². The first-order valence-corrected chi connectivity index (χ1v) is 10.2. The normalized spacial score (nSPS) is 15.1. The molecule has 140 valence electrons. The van der Waals surface area contributed by atoms with Crippen molar-refractivity contribution in [3.8, 4) is 5.75 Å². The monoisotopic (exact) mass is 376 g/mol. The average Bonchev–Trinajstić information content (AvgIpc) is 2.67. The van der Waals surface area contributed by atoms with E-state index >= 15 is 0 Å². The van der Waals surface area contributed by atoms with Crippen molar-refractivity contribution >= 4 is 15.8 Å². The molecule has 2 aromatic rings. The fourth-order valence-electron chi connectivity index (χ4n) is 2.97. The molecule has 1 aliphatic heterocycles. The summed E-state index contributed by atoms with van der Waals surface area (Å²) in [4.78, 5) is 11.3. The maximum atomic E-state index is 12.5. The smallest absolute Gasteiger partial charge is 0.240 e. The van der Waals surface area contributed by atoms with Crippen LogP contribution in [0, 0.1) is 6.92 Å². The zero-order valence-corrected chi connectivity index (χ0v) is 15.9. The van der Waals surface area contributed by atoms with E-state index in [0.717, 1.165) is 37.4 Å². The number of aromatic nitrogens is 2. The molecule has 0 unspecified atom stereocenters. The summed E-state index contributed by atoms with van der Waals surface area (Å²) < 4.78 is 32.5. The first-order valence-electron chi connectivity index (χ1n) is 8.71. The number of sulfonamides is 1. The van der Waals surface area contributed by atoms with E-state index in [9.17, 15) is 8.42 Å². The highest BCUT2D eigenvalue weighted by Crippen LogP contribution is 2.19. The van der Waals surface area contributed by atoms with Crippen LogP contribution in [0.5, 0.6) is 5.75 Å². The maximum Gasteiger partial charge on any atom is 0.240 e. The molecular weight excluding hydrogens is 352 g/mol. The van der Waals surface area contributed by atoms with Crippen LogP contribution in [0.15, 0.2) is 35.2 Å². The number of rotatable bonds is 6. The highest BCUT2D eigenvalue weighted by Gasteiger charge is 2.17. The number of aryl methyl sites for hydroxylation is 1. The minimum absolute atomic E-state index is 0.0525. The number of piperidine rings is 1. The maximum absolute atomic E-state index is 12.5. The van der Waals surface area contributed by atoms with Crippen molar-refractivity contribution in [3.05, 3.63) is 41.9 Å². The van der Waals surface area contributed by atoms with Crippen molar-refractivity contribution in [3.63, 3.8) is 0 Å². The van der Waals surface area contributed by atoms with E-state index in [1.807, 2.05) is 13.0 Å². The van der Waals surface area contributed by atoms with Crippen molar-refractivity contribution in [2.45, 2.75) is 37.6 Å². The number of methoxy groups -OCH3 is 1. The Bertz CT molecular complexity index is 847. The molecule has 3 rings (SSSR count). The van der Waals surface area contributed by atoms with E-state index in [0.29, 0.717) is 11.6 Å². The topological polar surface area (TPSA) is 84.4 Å². The molecule has 0 saturated carbocycles. The second-order valence-electron chi connectivity index (χ2n) is 6.33. The summed E-state index contributed by atoms with van der Waals surface area (Å²) in [6, 6.07) is 8.21. The van der Waals surface area contributed by atoms with Gasteiger partial charge in [-0.2, -0.15) is 0 Å². The van der Waals surface area contributed by atoms with E-state index in [4.69, 9.17) is 4.74 Å². The molecule has 0 radical (unpaired) electrons. The molecule has 26 heavy (non-hydrogen) atoms. The van der Waals surface area contributed by atoms with Crippen LogP contribution in [0.4, 0.5) is 5.82 Å². The number of ether oxygens (including phenoxy) is 1. The number of benzene rings is 1. The lowest BCUT2D eigenvalue weighted by Crippen LogP contribution is -2.31. The van der Waals surface area contributed by atoms with Crippen LogP contribution in [0.1, 0.15) is 30.8 Å². The largest absolute Gasteiger partial charge is 0.497 e. The summed E-state index contributed by atoms with van der Waals surface area (Å²) in [5, 5.41) is 0. The van der Waals surface area contributed by atoms with Gasteiger partial charge in [0.2, 0.25) is 10.0 Å². The average molecular weight is 376 g/mol. The Balaban J connectivity index is 1.72. The van der Waals surface area contributed by atoms with Crippen LogP contribution in [0.25, 0.3) is 0 Å². The quantitative estimate of drug-likeness (QED) is 0.832. The number of nitrogens with zero attached hydrogens (tertiary/aromatic N) is 3. The SMILES string of the molecule is COc1ccc(S(=O)(=O)NCc2nc(C)cc(N3CCCCC3)n2)cc1. The predicted octanol–water partition coefficient (Wildman–Crippen LogP) is 2.26. The van der Waals surface area contributed by atoms with Crippen molar-refractivity contribution in [2.75, 3.05) is 25.1 Å². The minimum Gasteiger partial charge on any atom is -0.497 e. The molecule has 1 aromatic carbocycles. The third-order valence-electron chi connectivity index (χ3n) is 4.36. The molecule has 1 aliphatic rings. The minimum atomic E-state index is -3.63. The molecule has 1 fully saturated rings. The molecule has 7 nitrogen and oxygen atoms in total. The third-order valence-corrected chi connectivity index (χ3v) is 5.77. The standard InChI is InChI=1S/C18H24N4O3S/c1-14-12-18(22-10-4-3-5-11-22)21-17(20-14)13-19-26(23,24)16-8-6-15(25-2)7-9-16/h6-9,12,19H,3-5,10-11,13H2,1-2H3. The van der Waals surface area contributed by atoms with E-state index in [2.05, 4.69) is 19.6 Å². The highest BCUT2D eigenvalue weighted by molar-refractivity contribution is 7.89. The van der Waals surface area contributed by atoms with Gasteiger partial charge in [0.25, 0.3) is 0 Å². The molecule has 2 heterocycles. The van der Waals surface area contributed by atoms with Crippen LogP contribution in [0.2, 0.25) is 0 Å². The van der Waals surface area contributed by atoms with Gasteiger partial charge in [0.15, 0.2) is 0 Å². The molecule has 0 bridgehead atoms. The van der Waals surface area contributed by atoms with Gasteiger partial charge in [-0.15, -0.1) is 0 Å². The first kappa shape index (κ1) is 18.6. The number of hydrogen-bond acceptors (Lipinski definition) is 6. The molecule has 0 aliphatic carbocycles. The van der Waals surface area contributed by atoms with Crippen molar-refractivity contribution in [1.29, 1.82) is 0 Å². The van der Waals surface area contributed by atoms with Crippen LogP contribution < -0.4 is 14.4 Å². The second kappa shape index (κ2) is 8.01. The van der Waals surface area contributed by atoms with Crippen LogP contribution in [0.3, 0.4) is 0 Å². The summed E-state index contributed by atoms with van der Waals surface area (Å²) in [6.07, 6.45) is 3.56. The van der Waals surface area contributed by atoms with Gasteiger partial charge in [-0.25, -0.2) is 23.1 Å². The third kappa shape index (κ3) is 4.50. The Hall–Kier alpha value is -2.19. The summed E-state index contributed by atoms with van der Waals surface area (Å²) >= 11 is 0. The molecule has 1 aromatic heterocycles. The first-order chi connectivity index (χ1) is 12.5. The van der Waals surface area contributed by atoms with Gasteiger partial charge in [0.1, 0.15) is 17.4 Å². The number of nitrogens with one attached hydrogen (secondary N) is 1. The summed E-state index contributed by atoms with van der Waals surface area (Å²) in [7, 11) is -2.09. The van der Waals surface area contributed by atoms with Crippen molar-refractivity contribution in [2.24, 2.45) is 0 Å². The Morgan fingerprint density at radius 2 is 1.81 bits per heavy atom. The molecule has 0 amide bonds. The predicted molar refractivity (Wildman–Crippen MR) is 99.9 cm³/mol. The molecular formula is C18H24N4O3S. The van der Waals surface area contributed by atoms with Crippen molar-refractivity contribution in [1.82, 2.24) is 14.7 Å². The van der Waals surface area contributed by atoms with Crippen LogP contribution >= 0.6 is 0 Å². The zero-order valence-electron chi connectivity index (χ0n) is 15.1. The molecule has 0 spiro atoms. The van der Waals surface area contributed by atoms with E-state index in [-0.39, 0.29) is 11.4 Å². The lowest BCUT2D eigenvalue weighted by atomic mass is 10.1. The number of hydrogen-bond donors (Lipinski definition) is 1. The molecule has 8 heteroatoms. The van der Waals surface area contributed by atoms with Gasteiger partial charge in [-0.3, -0.25) is 0 Å². The van der Waals surface area contributed by atoms with Gasteiger partial charge in [0.05, 0.1) is 18.6 Å². The molecule has 0 atom stereocenters. The number of anilines is 1. The van der Waals surface area contributed by atoms with Gasteiger partial charge in [0, 0.05) is 24.8 Å². The summed E-state index contributed by atoms with van der Waals surface area (Å²) in [5.74, 6) is 1.95. The van der Waals surface area contributed by atoms with Crippen molar-refractivity contribution < 1.29 is 13.2 Å².